The number of nitrogens with zero attached hydrogens (tertiary/aromatic N) is 1. The Hall–Kier alpha value is -0.550. The molecule has 1 heterocycles. The van der Waals surface area contributed by atoms with E-state index < -0.39 is 0 Å². The van der Waals surface area contributed by atoms with Crippen LogP contribution in [0.3, 0.4) is 0 Å². The third kappa shape index (κ3) is 1.79. The molecular weight excluding hydrogens is 312 g/mol. The SMILES string of the molecule is COc1cc2ccc(I)cc2nc1Cl. The summed E-state index contributed by atoms with van der Waals surface area (Å²) in [5.74, 6) is 0.611. The molecule has 72 valence electrons. The van der Waals surface area contributed by atoms with Crippen molar-refractivity contribution in [2.75, 3.05) is 7.11 Å². The normalized spacial score (nSPS) is 10.5. The van der Waals surface area contributed by atoms with E-state index in [1.54, 1.807) is 7.11 Å². The van der Waals surface area contributed by atoms with Gasteiger partial charge >= 0.3 is 0 Å². The maximum absolute atomic E-state index is 5.92. The lowest BCUT2D eigenvalue weighted by atomic mass is 10.2. The van der Waals surface area contributed by atoms with Crippen molar-refractivity contribution in [2.45, 2.75) is 0 Å². The van der Waals surface area contributed by atoms with Crippen molar-refractivity contribution < 1.29 is 4.74 Å². The van der Waals surface area contributed by atoms with Crippen LogP contribution < -0.4 is 4.74 Å². The number of fused-ring (bicyclic) bond motifs is 1. The van der Waals surface area contributed by atoms with E-state index in [2.05, 4.69) is 27.6 Å². The van der Waals surface area contributed by atoms with Crippen molar-refractivity contribution in [3.63, 3.8) is 0 Å². The maximum atomic E-state index is 5.92. The van der Waals surface area contributed by atoms with Gasteiger partial charge in [-0.05, 0) is 40.8 Å². The summed E-state index contributed by atoms with van der Waals surface area (Å²) in [5.41, 5.74) is 0.891. The molecule has 0 radical (unpaired) electrons. The Balaban J connectivity index is 2.73. The molecule has 0 saturated carbocycles. The van der Waals surface area contributed by atoms with Gasteiger partial charge in [0.15, 0.2) is 10.9 Å². The average Bonchev–Trinajstić information content (AvgIpc) is 2.16. The van der Waals surface area contributed by atoms with Gasteiger partial charge in [0.1, 0.15) is 0 Å². The third-order valence-electron chi connectivity index (χ3n) is 1.92. The smallest absolute Gasteiger partial charge is 0.171 e. The third-order valence-corrected chi connectivity index (χ3v) is 2.86. The summed E-state index contributed by atoms with van der Waals surface area (Å²) in [4.78, 5) is 4.24. The Morgan fingerprint density at radius 3 is 2.86 bits per heavy atom. The van der Waals surface area contributed by atoms with Gasteiger partial charge in [-0.25, -0.2) is 4.98 Å². The summed E-state index contributed by atoms with van der Waals surface area (Å²) in [6.07, 6.45) is 0. The van der Waals surface area contributed by atoms with E-state index in [9.17, 15) is 0 Å². The molecule has 4 heteroatoms. The molecule has 2 rings (SSSR count). The highest BCUT2D eigenvalue weighted by atomic mass is 127. The number of methoxy groups -OCH3 is 1. The summed E-state index contributed by atoms with van der Waals surface area (Å²) >= 11 is 8.16. The molecule has 2 nitrogen and oxygen atoms in total. The highest BCUT2D eigenvalue weighted by molar-refractivity contribution is 14.1. The molecular formula is C10H7ClINO. The van der Waals surface area contributed by atoms with Crippen LogP contribution in [0.5, 0.6) is 5.75 Å². The number of rotatable bonds is 1. The second-order valence-electron chi connectivity index (χ2n) is 2.82. The Morgan fingerprint density at radius 1 is 1.36 bits per heavy atom. The number of ether oxygens (including phenoxy) is 1. The van der Waals surface area contributed by atoms with Gasteiger partial charge in [-0.15, -0.1) is 0 Å². The predicted octanol–water partition coefficient (Wildman–Crippen LogP) is 3.50. The van der Waals surface area contributed by atoms with Crippen molar-refractivity contribution in [1.29, 1.82) is 0 Å². The van der Waals surface area contributed by atoms with Crippen molar-refractivity contribution >= 4 is 45.1 Å². The molecule has 0 N–H and O–H groups in total. The van der Waals surface area contributed by atoms with E-state index in [0.29, 0.717) is 10.9 Å². The first-order valence-electron chi connectivity index (χ1n) is 4.00. The predicted molar refractivity (Wildman–Crippen MR) is 66.0 cm³/mol. The molecule has 0 unspecified atom stereocenters. The van der Waals surface area contributed by atoms with Gasteiger partial charge in [0.25, 0.3) is 0 Å². The first-order valence-corrected chi connectivity index (χ1v) is 5.46. The molecule has 0 spiro atoms. The fraction of sp³-hybridized carbons (Fsp3) is 0.100. The van der Waals surface area contributed by atoms with Gasteiger partial charge < -0.3 is 4.74 Å². The summed E-state index contributed by atoms with van der Waals surface area (Å²) < 4.78 is 6.23. The van der Waals surface area contributed by atoms with E-state index in [0.717, 1.165) is 14.5 Å². The molecule has 0 aliphatic rings. The van der Waals surface area contributed by atoms with E-state index in [1.807, 2.05) is 24.3 Å². The topological polar surface area (TPSA) is 22.1 Å². The van der Waals surface area contributed by atoms with Crippen molar-refractivity contribution in [3.05, 3.63) is 33.0 Å². The van der Waals surface area contributed by atoms with Crippen LogP contribution in [-0.2, 0) is 0 Å². The van der Waals surface area contributed by atoms with E-state index in [4.69, 9.17) is 16.3 Å². The van der Waals surface area contributed by atoms with Crippen LogP contribution in [0.1, 0.15) is 0 Å². The van der Waals surface area contributed by atoms with Gasteiger partial charge in [0.2, 0.25) is 0 Å². The molecule has 0 aliphatic carbocycles. The Morgan fingerprint density at radius 2 is 2.14 bits per heavy atom. The summed E-state index contributed by atoms with van der Waals surface area (Å²) in [6, 6.07) is 7.91. The molecule has 1 aromatic carbocycles. The van der Waals surface area contributed by atoms with E-state index in [1.165, 1.54) is 0 Å². The molecule has 0 saturated heterocycles. The van der Waals surface area contributed by atoms with E-state index >= 15 is 0 Å². The molecule has 0 aliphatic heterocycles. The van der Waals surface area contributed by atoms with Gasteiger partial charge in [-0.2, -0.15) is 0 Å². The van der Waals surface area contributed by atoms with Crippen LogP contribution in [0.2, 0.25) is 5.15 Å². The molecule has 0 amide bonds. The zero-order valence-corrected chi connectivity index (χ0v) is 10.3. The van der Waals surface area contributed by atoms with Gasteiger partial charge in [0, 0.05) is 8.96 Å². The largest absolute Gasteiger partial charge is 0.494 e. The van der Waals surface area contributed by atoms with Crippen molar-refractivity contribution in [3.8, 4) is 5.75 Å². The summed E-state index contributed by atoms with van der Waals surface area (Å²) in [7, 11) is 1.58. The first kappa shape index (κ1) is 9.98. The minimum absolute atomic E-state index is 0.405. The quantitative estimate of drug-likeness (QED) is 0.593. The van der Waals surface area contributed by atoms with Crippen LogP contribution in [0.15, 0.2) is 24.3 Å². The fourth-order valence-electron chi connectivity index (χ4n) is 1.24. The molecule has 1 aromatic heterocycles. The summed E-state index contributed by atoms with van der Waals surface area (Å²) in [5, 5.41) is 1.44. The van der Waals surface area contributed by atoms with Gasteiger partial charge in [-0.1, -0.05) is 17.7 Å². The standard InChI is InChI=1S/C10H7ClINO/c1-14-9-4-6-2-3-7(12)5-8(6)13-10(9)11/h2-5H,1H3. The highest BCUT2D eigenvalue weighted by Gasteiger charge is 2.04. The lowest BCUT2D eigenvalue weighted by Gasteiger charge is -2.04. The summed E-state index contributed by atoms with van der Waals surface area (Å²) in [6.45, 7) is 0. The van der Waals surface area contributed by atoms with E-state index in [-0.39, 0.29) is 0 Å². The number of aromatic nitrogens is 1. The Kier molecular flexibility index (Phi) is 2.78. The van der Waals surface area contributed by atoms with Crippen LogP contribution in [0, 0.1) is 3.57 Å². The van der Waals surface area contributed by atoms with Crippen LogP contribution in [-0.4, -0.2) is 12.1 Å². The van der Waals surface area contributed by atoms with Gasteiger partial charge in [0.05, 0.1) is 12.6 Å². The van der Waals surface area contributed by atoms with Crippen molar-refractivity contribution in [2.24, 2.45) is 0 Å². The number of hydrogen-bond acceptors (Lipinski definition) is 2. The number of hydrogen-bond donors (Lipinski definition) is 0. The van der Waals surface area contributed by atoms with Crippen LogP contribution in [0.4, 0.5) is 0 Å². The lowest BCUT2D eigenvalue weighted by Crippen LogP contribution is -1.88. The van der Waals surface area contributed by atoms with Crippen LogP contribution in [0.25, 0.3) is 10.9 Å². The van der Waals surface area contributed by atoms with Crippen LogP contribution >= 0.6 is 34.2 Å². The van der Waals surface area contributed by atoms with Crippen molar-refractivity contribution in [1.82, 2.24) is 4.98 Å². The zero-order chi connectivity index (χ0) is 10.1. The Bertz CT molecular complexity index is 487. The molecule has 0 fully saturated rings. The fourth-order valence-corrected chi connectivity index (χ4v) is 1.94. The minimum Gasteiger partial charge on any atom is -0.494 e. The molecule has 14 heavy (non-hydrogen) atoms. The average molecular weight is 320 g/mol. The second-order valence-corrected chi connectivity index (χ2v) is 4.42. The minimum atomic E-state index is 0.405. The molecule has 0 atom stereocenters. The second kappa shape index (κ2) is 3.90. The monoisotopic (exact) mass is 319 g/mol. The van der Waals surface area contributed by atoms with Gasteiger partial charge in [-0.3, -0.25) is 0 Å². The first-order chi connectivity index (χ1) is 6.70. The Labute approximate surface area is 100 Å². The number of halogens is 2. The molecule has 0 bridgehead atoms. The highest BCUT2D eigenvalue weighted by Crippen LogP contribution is 2.27. The number of benzene rings is 1. The lowest BCUT2D eigenvalue weighted by molar-refractivity contribution is 0.414. The number of pyridine rings is 1. The zero-order valence-electron chi connectivity index (χ0n) is 7.42. The maximum Gasteiger partial charge on any atom is 0.171 e. The molecule has 2 aromatic rings.